The van der Waals surface area contributed by atoms with Crippen molar-refractivity contribution in [1.82, 2.24) is 34.3 Å². The standard InChI is InChI=1S/C24H24N8/c1-15-13-31-23(26-15)11-20(27-24(31)28-22-10-21(29-30-22)18-8-9-18)19-12-25-32(14-19)16(2)17-6-4-3-5-7-17/h3-7,10-14,16,18H,8-9H2,1-2H3,(H2,27,28,29,30). The number of aromatic amines is 1. The second-order valence-corrected chi connectivity index (χ2v) is 8.48. The Kier molecular flexibility index (Phi) is 4.31. The Labute approximate surface area is 185 Å². The molecule has 160 valence electrons. The van der Waals surface area contributed by atoms with Crippen molar-refractivity contribution in [2.75, 3.05) is 5.32 Å². The van der Waals surface area contributed by atoms with Crippen LogP contribution in [0.15, 0.2) is 61.1 Å². The van der Waals surface area contributed by atoms with Crippen LogP contribution in [0.2, 0.25) is 0 Å². The molecule has 0 aliphatic heterocycles. The van der Waals surface area contributed by atoms with Crippen molar-refractivity contribution in [3.05, 3.63) is 78.0 Å². The predicted molar refractivity (Wildman–Crippen MR) is 123 cm³/mol. The number of benzene rings is 1. The molecule has 0 saturated heterocycles. The van der Waals surface area contributed by atoms with Crippen molar-refractivity contribution in [3.8, 4) is 11.3 Å². The van der Waals surface area contributed by atoms with Gasteiger partial charge in [0.2, 0.25) is 5.95 Å². The van der Waals surface area contributed by atoms with Crippen LogP contribution in [-0.2, 0) is 0 Å². The Hall–Kier alpha value is -3.94. The Morgan fingerprint density at radius 2 is 1.94 bits per heavy atom. The molecule has 1 atom stereocenters. The minimum Gasteiger partial charge on any atom is -0.308 e. The fourth-order valence-electron chi connectivity index (χ4n) is 4.03. The first-order valence-corrected chi connectivity index (χ1v) is 10.9. The minimum absolute atomic E-state index is 0.129. The van der Waals surface area contributed by atoms with Crippen molar-refractivity contribution < 1.29 is 0 Å². The molecule has 4 aromatic heterocycles. The summed E-state index contributed by atoms with van der Waals surface area (Å²) < 4.78 is 3.93. The van der Waals surface area contributed by atoms with Crippen molar-refractivity contribution >= 4 is 17.4 Å². The van der Waals surface area contributed by atoms with Gasteiger partial charge in [-0.1, -0.05) is 30.3 Å². The molecule has 6 rings (SSSR count). The van der Waals surface area contributed by atoms with E-state index in [0.29, 0.717) is 11.9 Å². The smallest absolute Gasteiger partial charge is 0.215 e. The van der Waals surface area contributed by atoms with Gasteiger partial charge in [-0.15, -0.1) is 0 Å². The number of rotatable bonds is 6. The molecule has 1 aromatic carbocycles. The molecule has 1 aliphatic carbocycles. The van der Waals surface area contributed by atoms with Crippen molar-refractivity contribution in [3.63, 3.8) is 0 Å². The van der Waals surface area contributed by atoms with E-state index in [1.165, 1.54) is 24.1 Å². The number of nitrogens with zero attached hydrogens (tertiary/aromatic N) is 6. The summed E-state index contributed by atoms with van der Waals surface area (Å²) in [5, 5.41) is 15.5. The van der Waals surface area contributed by atoms with Gasteiger partial charge in [-0.25, -0.2) is 9.97 Å². The largest absolute Gasteiger partial charge is 0.308 e. The van der Waals surface area contributed by atoms with E-state index in [2.05, 4.69) is 50.7 Å². The van der Waals surface area contributed by atoms with E-state index in [0.717, 1.165) is 28.4 Å². The van der Waals surface area contributed by atoms with Gasteiger partial charge in [0, 0.05) is 41.7 Å². The van der Waals surface area contributed by atoms with Gasteiger partial charge in [0.05, 0.1) is 23.6 Å². The third kappa shape index (κ3) is 3.43. The van der Waals surface area contributed by atoms with Gasteiger partial charge in [-0.05, 0) is 32.3 Å². The van der Waals surface area contributed by atoms with Crippen LogP contribution in [0.1, 0.15) is 48.7 Å². The van der Waals surface area contributed by atoms with E-state index in [1.54, 1.807) is 0 Å². The quantitative estimate of drug-likeness (QED) is 0.407. The lowest BCUT2D eigenvalue weighted by atomic mass is 10.1. The van der Waals surface area contributed by atoms with Gasteiger partial charge in [-0.3, -0.25) is 14.2 Å². The zero-order valence-corrected chi connectivity index (χ0v) is 18.0. The zero-order chi connectivity index (χ0) is 21.7. The van der Waals surface area contributed by atoms with Crippen LogP contribution in [0.3, 0.4) is 0 Å². The topological polar surface area (TPSA) is 88.7 Å². The summed E-state index contributed by atoms with van der Waals surface area (Å²) in [5.74, 6) is 2.05. The second-order valence-electron chi connectivity index (χ2n) is 8.48. The highest BCUT2D eigenvalue weighted by Gasteiger charge is 2.25. The lowest BCUT2D eigenvalue weighted by Crippen LogP contribution is -2.06. The molecule has 1 saturated carbocycles. The highest BCUT2D eigenvalue weighted by atomic mass is 15.3. The normalized spacial score (nSPS) is 14.7. The van der Waals surface area contributed by atoms with Gasteiger partial charge < -0.3 is 5.32 Å². The van der Waals surface area contributed by atoms with Gasteiger partial charge in [0.15, 0.2) is 5.82 Å². The fourth-order valence-corrected chi connectivity index (χ4v) is 4.03. The molecule has 8 nitrogen and oxygen atoms in total. The molecule has 32 heavy (non-hydrogen) atoms. The first kappa shape index (κ1) is 18.8. The third-order valence-corrected chi connectivity index (χ3v) is 6.00. The molecule has 1 unspecified atom stereocenters. The van der Waals surface area contributed by atoms with Gasteiger partial charge in [0.25, 0.3) is 0 Å². The summed E-state index contributed by atoms with van der Waals surface area (Å²) in [4.78, 5) is 9.56. The second kappa shape index (κ2) is 7.33. The number of hydrogen-bond acceptors (Lipinski definition) is 5. The summed E-state index contributed by atoms with van der Waals surface area (Å²) in [7, 11) is 0. The van der Waals surface area contributed by atoms with E-state index >= 15 is 0 Å². The zero-order valence-electron chi connectivity index (χ0n) is 18.0. The maximum atomic E-state index is 4.90. The molecule has 0 amide bonds. The lowest BCUT2D eigenvalue weighted by Gasteiger charge is -2.12. The first-order chi connectivity index (χ1) is 15.6. The number of aromatic nitrogens is 7. The molecule has 1 fully saturated rings. The van der Waals surface area contributed by atoms with Gasteiger partial charge in [0.1, 0.15) is 5.65 Å². The summed E-state index contributed by atoms with van der Waals surface area (Å²) in [6, 6.07) is 14.6. The van der Waals surface area contributed by atoms with E-state index in [9.17, 15) is 0 Å². The van der Waals surface area contributed by atoms with Crippen molar-refractivity contribution in [2.24, 2.45) is 0 Å². The maximum Gasteiger partial charge on any atom is 0.215 e. The Balaban J connectivity index is 1.36. The minimum atomic E-state index is 0.129. The van der Waals surface area contributed by atoms with Crippen LogP contribution in [-0.4, -0.2) is 34.3 Å². The van der Waals surface area contributed by atoms with Crippen LogP contribution >= 0.6 is 0 Å². The highest BCUT2D eigenvalue weighted by Crippen LogP contribution is 2.39. The molecule has 0 spiro atoms. The van der Waals surface area contributed by atoms with Crippen LogP contribution in [0, 0.1) is 6.92 Å². The van der Waals surface area contributed by atoms with Gasteiger partial charge in [-0.2, -0.15) is 10.2 Å². The van der Waals surface area contributed by atoms with E-state index in [1.807, 2.05) is 58.9 Å². The van der Waals surface area contributed by atoms with Crippen molar-refractivity contribution in [1.29, 1.82) is 0 Å². The number of hydrogen-bond donors (Lipinski definition) is 2. The van der Waals surface area contributed by atoms with E-state index in [4.69, 9.17) is 4.98 Å². The molecule has 4 heterocycles. The SMILES string of the molecule is Cc1cn2c(Nc3cc(C4CC4)[nH]n3)nc(-c3cnn(C(C)c4ccccc4)c3)cc2n1. The number of imidazole rings is 1. The fraction of sp³-hybridized carbons (Fsp3) is 0.250. The third-order valence-electron chi connectivity index (χ3n) is 6.00. The summed E-state index contributed by atoms with van der Waals surface area (Å²) in [6.45, 7) is 4.12. The number of H-pyrrole nitrogens is 1. The summed E-state index contributed by atoms with van der Waals surface area (Å²) >= 11 is 0. The van der Waals surface area contributed by atoms with Crippen LogP contribution < -0.4 is 5.32 Å². The number of aryl methyl sites for hydroxylation is 1. The Morgan fingerprint density at radius 1 is 1.09 bits per heavy atom. The average molecular weight is 425 g/mol. The number of fused-ring (bicyclic) bond motifs is 1. The molecule has 5 aromatic rings. The van der Waals surface area contributed by atoms with Crippen LogP contribution in [0.5, 0.6) is 0 Å². The molecular formula is C24H24N8. The van der Waals surface area contributed by atoms with E-state index < -0.39 is 0 Å². The van der Waals surface area contributed by atoms with Crippen LogP contribution in [0.25, 0.3) is 16.9 Å². The molecule has 1 aliphatic rings. The van der Waals surface area contributed by atoms with Crippen LogP contribution in [0.4, 0.5) is 11.8 Å². The number of anilines is 2. The summed E-state index contributed by atoms with van der Waals surface area (Å²) in [6.07, 6.45) is 8.33. The van der Waals surface area contributed by atoms with Gasteiger partial charge >= 0.3 is 0 Å². The molecule has 0 radical (unpaired) electrons. The highest BCUT2D eigenvalue weighted by molar-refractivity contribution is 5.67. The predicted octanol–water partition coefficient (Wildman–Crippen LogP) is 4.85. The maximum absolute atomic E-state index is 4.90. The molecule has 2 N–H and O–H groups in total. The monoisotopic (exact) mass is 424 g/mol. The van der Waals surface area contributed by atoms with Crippen molar-refractivity contribution in [2.45, 2.75) is 38.6 Å². The first-order valence-electron chi connectivity index (χ1n) is 10.9. The summed E-state index contributed by atoms with van der Waals surface area (Å²) in [5.41, 5.74) is 5.91. The van der Waals surface area contributed by atoms with E-state index in [-0.39, 0.29) is 6.04 Å². The number of nitrogens with one attached hydrogen (secondary N) is 2. The Bertz CT molecular complexity index is 1390. The molecule has 0 bridgehead atoms. The molecule has 8 heteroatoms. The Morgan fingerprint density at radius 3 is 2.75 bits per heavy atom. The lowest BCUT2D eigenvalue weighted by molar-refractivity contribution is 0.565. The average Bonchev–Trinajstić information content (AvgIpc) is 3.19. The molecular weight excluding hydrogens is 400 g/mol.